The summed E-state index contributed by atoms with van der Waals surface area (Å²) in [6, 6.07) is 7.15. The summed E-state index contributed by atoms with van der Waals surface area (Å²) in [6.07, 6.45) is 4.35. The van der Waals surface area contributed by atoms with Crippen LogP contribution in [-0.2, 0) is 10.3 Å². The molecule has 8 heteroatoms. The molecule has 28 heavy (non-hydrogen) atoms. The van der Waals surface area contributed by atoms with E-state index in [0.717, 1.165) is 16.8 Å². The summed E-state index contributed by atoms with van der Waals surface area (Å²) in [5, 5.41) is 10.0. The summed E-state index contributed by atoms with van der Waals surface area (Å²) in [4.78, 5) is 17.0. The Balaban J connectivity index is 1.56. The van der Waals surface area contributed by atoms with Crippen LogP contribution in [0.3, 0.4) is 0 Å². The van der Waals surface area contributed by atoms with Gasteiger partial charge in [-0.25, -0.2) is 9.78 Å². The van der Waals surface area contributed by atoms with E-state index in [1.165, 1.54) is 6.26 Å². The zero-order valence-corrected chi connectivity index (χ0v) is 15.8. The van der Waals surface area contributed by atoms with Gasteiger partial charge < -0.3 is 24.3 Å². The zero-order chi connectivity index (χ0) is 19.6. The number of hydrogen-bond donors (Lipinski definition) is 2. The molecule has 0 aliphatic carbocycles. The number of rotatable bonds is 4. The second-order valence-electron chi connectivity index (χ2n) is 6.92. The molecule has 2 amide bonds. The molecule has 4 rings (SSSR count). The summed E-state index contributed by atoms with van der Waals surface area (Å²) in [5.41, 5.74) is 2.52. The van der Waals surface area contributed by atoms with E-state index in [0.29, 0.717) is 43.4 Å². The fourth-order valence-corrected chi connectivity index (χ4v) is 3.47. The average molecular weight is 382 g/mol. The molecule has 2 N–H and O–H groups in total. The predicted molar refractivity (Wildman–Crippen MR) is 102 cm³/mol. The molecule has 1 fully saturated rings. The summed E-state index contributed by atoms with van der Waals surface area (Å²) in [7, 11) is 0. The van der Waals surface area contributed by atoms with Crippen molar-refractivity contribution in [3.63, 3.8) is 0 Å². The molecule has 3 aromatic rings. The lowest BCUT2D eigenvalue weighted by atomic mass is 9.87. The Morgan fingerprint density at radius 3 is 2.71 bits per heavy atom. The van der Waals surface area contributed by atoms with E-state index < -0.39 is 5.54 Å². The van der Waals surface area contributed by atoms with E-state index in [9.17, 15) is 4.79 Å². The van der Waals surface area contributed by atoms with Crippen LogP contribution in [0.25, 0.3) is 11.5 Å². The Labute approximate surface area is 162 Å². The van der Waals surface area contributed by atoms with E-state index >= 15 is 0 Å². The standard InChI is InChI=1S/C20H22N4O4/c1-13-12-17(28-24-13)20(6-9-26-10-7-20)23-19(25)22-16-5-3-4-15(14(16)2)18-21-8-11-27-18/h3-5,8,11-12H,6-7,9-10H2,1-2H3,(H2,22,23,25). The molecule has 0 unspecified atom stereocenters. The SMILES string of the molecule is Cc1cc(C2(NC(=O)Nc3cccc(-c4ncco4)c3C)CCOCC2)on1. The van der Waals surface area contributed by atoms with Crippen LogP contribution >= 0.6 is 0 Å². The summed E-state index contributed by atoms with van der Waals surface area (Å²) in [5.74, 6) is 1.16. The van der Waals surface area contributed by atoms with E-state index in [1.54, 1.807) is 6.20 Å². The average Bonchev–Trinajstić information content (AvgIpc) is 3.36. The van der Waals surface area contributed by atoms with Gasteiger partial charge >= 0.3 is 6.03 Å². The fourth-order valence-electron chi connectivity index (χ4n) is 3.47. The maximum absolute atomic E-state index is 12.9. The number of nitrogens with zero attached hydrogens (tertiary/aromatic N) is 2. The number of hydrogen-bond acceptors (Lipinski definition) is 6. The van der Waals surface area contributed by atoms with Gasteiger partial charge in [0.2, 0.25) is 5.89 Å². The lowest BCUT2D eigenvalue weighted by Gasteiger charge is -2.35. The van der Waals surface area contributed by atoms with Gasteiger partial charge in [0.15, 0.2) is 5.76 Å². The van der Waals surface area contributed by atoms with Crippen LogP contribution in [0, 0.1) is 13.8 Å². The van der Waals surface area contributed by atoms with Crippen molar-refractivity contribution in [3.8, 4) is 11.5 Å². The largest absolute Gasteiger partial charge is 0.445 e. The minimum Gasteiger partial charge on any atom is -0.445 e. The molecule has 0 radical (unpaired) electrons. The van der Waals surface area contributed by atoms with Gasteiger partial charge in [-0.1, -0.05) is 11.2 Å². The third-order valence-corrected chi connectivity index (χ3v) is 5.04. The first-order valence-corrected chi connectivity index (χ1v) is 9.18. The van der Waals surface area contributed by atoms with Crippen molar-refractivity contribution in [3.05, 3.63) is 53.7 Å². The molecular formula is C20H22N4O4. The van der Waals surface area contributed by atoms with Gasteiger partial charge in [-0.2, -0.15) is 0 Å². The highest BCUT2D eigenvalue weighted by Crippen LogP contribution is 2.33. The lowest BCUT2D eigenvalue weighted by Crippen LogP contribution is -2.50. The molecule has 1 aliphatic heterocycles. The van der Waals surface area contributed by atoms with Crippen molar-refractivity contribution in [2.75, 3.05) is 18.5 Å². The van der Waals surface area contributed by atoms with Gasteiger partial charge in [0, 0.05) is 43.4 Å². The number of oxazole rings is 1. The molecule has 0 spiro atoms. The Hall–Kier alpha value is -3.13. The van der Waals surface area contributed by atoms with Gasteiger partial charge in [-0.15, -0.1) is 0 Å². The minimum absolute atomic E-state index is 0.316. The van der Waals surface area contributed by atoms with Crippen molar-refractivity contribution in [2.24, 2.45) is 0 Å². The predicted octanol–water partition coefficient (Wildman–Crippen LogP) is 3.77. The molecule has 0 saturated carbocycles. The van der Waals surface area contributed by atoms with Crippen molar-refractivity contribution in [2.45, 2.75) is 32.2 Å². The molecular weight excluding hydrogens is 360 g/mol. The highest BCUT2D eigenvalue weighted by Gasteiger charge is 2.39. The maximum Gasteiger partial charge on any atom is 0.320 e. The van der Waals surface area contributed by atoms with Gasteiger partial charge in [-0.05, 0) is 31.5 Å². The smallest absolute Gasteiger partial charge is 0.320 e. The second kappa shape index (κ2) is 7.47. The molecule has 0 atom stereocenters. The zero-order valence-electron chi connectivity index (χ0n) is 15.8. The van der Waals surface area contributed by atoms with Crippen molar-refractivity contribution in [1.29, 1.82) is 0 Å². The first kappa shape index (κ1) is 18.2. The lowest BCUT2D eigenvalue weighted by molar-refractivity contribution is 0.0307. The van der Waals surface area contributed by atoms with E-state index in [2.05, 4.69) is 20.8 Å². The Kier molecular flexibility index (Phi) is 4.87. The van der Waals surface area contributed by atoms with Gasteiger partial charge in [0.1, 0.15) is 11.8 Å². The van der Waals surface area contributed by atoms with E-state index in [4.69, 9.17) is 13.7 Å². The molecule has 1 aliphatic rings. The Morgan fingerprint density at radius 1 is 1.21 bits per heavy atom. The molecule has 146 valence electrons. The molecule has 3 heterocycles. The Morgan fingerprint density at radius 2 is 2.04 bits per heavy atom. The van der Waals surface area contributed by atoms with Crippen LogP contribution in [-0.4, -0.2) is 29.4 Å². The fraction of sp³-hybridized carbons (Fsp3) is 0.350. The highest BCUT2D eigenvalue weighted by atomic mass is 16.5. The molecule has 2 aromatic heterocycles. The van der Waals surface area contributed by atoms with Crippen LogP contribution < -0.4 is 10.6 Å². The topological polar surface area (TPSA) is 102 Å². The van der Waals surface area contributed by atoms with Crippen LogP contribution in [0.2, 0.25) is 0 Å². The first-order chi connectivity index (χ1) is 13.6. The first-order valence-electron chi connectivity index (χ1n) is 9.18. The van der Waals surface area contributed by atoms with Crippen LogP contribution in [0.15, 0.2) is 45.7 Å². The number of nitrogens with one attached hydrogen (secondary N) is 2. The summed E-state index contributed by atoms with van der Waals surface area (Å²) < 4.78 is 16.3. The van der Waals surface area contributed by atoms with Crippen molar-refractivity contribution < 1.29 is 18.5 Å². The third-order valence-electron chi connectivity index (χ3n) is 5.04. The number of urea groups is 1. The number of aromatic nitrogens is 2. The summed E-state index contributed by atoms with van der Waals surface area (Å²) in [6.45, 7) is 4.86. The van der Waals surface area contributed by atoms with Gasteiger partial charge in [0.05, 0.1) is 11.9 Å². The molecule has 0 bridgehead atoms. The normalized spacial score (nSPS) is 15.9. The van der Waals surface area contributed by atoms with E-state index in [-0.39, 0.29) is 6.03 Å². The number of carbonyl (C=O) groups excluding carboxylic acids is 1. The number of ether oxygens (including phenoxy) is 1. The quantitative estimate of drug-likeness (QED) is 0.712. The van der Waals surface area contributed by atoms with Gasteiger partial charge in [0.25, 0.3) is 0 Å². The van der Waals surface area contributed by atoms with Crippen molar-refractivity contribution in [1.82, 2.24) is 15.5 Å². The number of benzene rings is 1. The number of amides is 2. The van der Waals surface area contributed by atoms with Crippen LogP contribution in [0.5, 0.6) is 0 Å². The third kappa shape index (κ3) is 3.50. The Bertz CT molecular complexity index is 959. The number of aryl methyl sites for hydroxylation is 1. The van der Waals surface area contributed by atoms with Crippen molar-refractivity contribution >= 4 is 11.7 Å². The minimum atomic E-state index is -0.641. The second-order valence-corrected chi connectivity index (χ2v) is 6.92. The monoisotopic (exact) mass is 382 g/mol. The molecule has 1 aromatic carbocycles. The maximum atomic E-state index is 12.9. The van der Waals surface area contributed by atoms with Gasteiger partial charge in [-0.3, -0.25) is 0 Å². The number of anilines is 1. The molecule has 1 saturated heterocycles. The van der Waals surface area contributed by atoms with Crippen LogP contribution in [0.1, 0.15) is 29.9 Å². The molecule has 8 nitrogen and oxygen atoms in total. The highest BCUT2D eigenvalue weighted by molar-refractivity contribution is 5.91. The van der Waals surface area contributed by atoms with E-state index in [1.807, 2.05) is 38.1 Å². The van der Waals surface area contributed by atoms with Crippen LogP contribution in [0.4, 0.5) is 10.5 Å². The summed E-state index contributed by atoms with van der Waals surface area (Å²) >= 11 is 0. The number of carbonyl (C=O) groups is 1.